The molecule has 1 amide bonds. The van der Waals surface area contributed by atoms with Gasteiger partial charge in [-0.3, -0.25) is 10.1 Å². The van der Waals surface area contributed by atoms with Crippen LogP contribution in [0.2, 0.25) is 0 Å². The largest absolute Gasteiger partial charge is 0.322 e. The molecule has 3 atom stereocenters. The first-order valence-electron chi connectivity index (χ1n) is 5.90. The Morgan fingerprint density at radius 1 is 1.60 bits per heavy atom. The number of hydrogen-bond acceptors (Lipinski definition) is 3. The van der Waals surface area contributed by atoms with Gasteiger partial charge in [-0.2, -0.15) is 11.8 Å². The van der Waals surface area contributed by atoms with Gasteiger partial charge in [-0.15, -0.1) is 0 Å². The Morgan fingerprint density at radius 2 is 2.40 bits per heavy atom. The summed E-state index contributed by atoms with van der Waals surface area (Å²) in [5.74, 6) is 2.66. The van der Waals surface area contributed by atoms with E-state index in [9.17, 15) is 4.79 Å². The highest BCUT2D eigenvalue weighted by Crippen LogP contribution is 2.27. The highest BCUT2D eigenvalue weighted by atomic mass is 32.2. The van der Waals surface area contributed by atoms with E-state index in [1.54, 1.807) is 0 Å². The molecule has 0 aromatic carbocycles. The van der Waals surface area contributed by atoms with Crippen molar-refractivity contribution in [2.75, 3.05) is 11.5 Å². The first-order chi connectivity index (χ1) is 7.24. The lowest BCUT2D eigenvalue weighted by molar-refractivity contribution is -0.131. The van der Waals surface area contributed by atoms with Crippen molar-refractivity contribution >= 4 is 17.7 Å². The van der Waals surface area contributed by atoms with Crippen LogP contribution in [0.25, 0.3) is 0 Å². The normalized spacial score (nSPS) is 36.5. The minimum Gasteiger partial charge on any atom is -0.322 e. The van der Waals surface area contributed by atoms with Gasteiger partial charge in [0.1, 0.15) is 0 Å². The maximum absolute atomic E-state index is 12.1. The molecule has 0 spiro atoms. The van der Waals surface area contributed by atoms with Crippen molar-refractivity contribution in [3.8, 4) is 0 Å². The van der Waals surface area contributed by atoms with Crippen molar-refractivity contribution in [1.29, 1.82) is 0 Å². The minimum absolute atomic E-state index is 0.0793. The summed E-state index contributed by atoms with van der Waals surface area (Å²) in [7, 11) is 0. The SMILES string of the molecule is CCCC1NC(C)N(C2CCSC2)C1=O. The van der Waals surface area contributed by atoms with Gasteiger partial charge in [0, 0.05) is 11.8 Å². The Hall–Kier alpha value is -0.220. The molecule has 2 heterocycles. The van der Waals surface area contributed by atoms with Crippen LogP contribution in [0.15, 0.2) is 0 Å². The standard InChI is InChI=1S/C11H20N2OS/c1-3-4-10-11(14)13(8(2)12-10)9-5-6-15-7-9/h8-10,12H,3-7H2,1-2H3. The van der Waals surface area contributed by atoms with Gasteiger partial charge in [0.2, 0.25) is 5.91 Å². The number of carbonyl (C=O) groups is 1. The van der Waals surface area contributed by atoms with Crippen LogP contribution < -0.4 is 5.32 Å². The van der Waals surface area contributed by atoms with Crippen molar-refractivity contribution in [2.24, 2.45) is 0 Å². The molecule has 2 rings (SSSR count). The van der Waals surface area contributed by atoms with E-state index in [1.807, 2.05) is 11.8 Å². The highest BCUT2D eigenvalue weighted by Gasteiger charge is 2.40. The molecular formula is C11H20N2OS. The van der Waals surface area contributed by atoms with Crippen molar-refractivity contribution in [1.82, 2.24) is 10.2 Å². The molecule has 0 aliphatic carbocycles. The fraction of sp³-hybridized carbons (Fsp3) is 0.909. The molecule has 86 valence electrons. The first kappa shape index (κ1) is 11.3. The van der Waals surface area contributed by atoms with E-state index in [0.29, 0.717) is 11.9 Å². The maximum Gasteiger partial charge on any atom is 0.241 e. The summed E-state index contributed by atoms with van der Waals surface area (Å²) in [4.78, 5) is 14.2. The van der Waals surface area contributed by atoms with Gasteiger partial charge < -0.3 is 4.90 Å². The Bertz CT molecular complexity index is 241. The molecule has 4 heteroatoms. The molecule has 15 heavy (non-hydrogen) atoms. The lowest BCUT2D eigenvalue weighted by Crippen LogP contribution is -2.43. The van der Waals surface area contributed by atoms with Crippen LogP contribution in [0.3, 0.4) is 0 Å². The van der Waals surface area contributed by atoms with E-state index in [4.69, 9.17) is 0 Å². The Labute approximate surface area is 96.0 Å². The third kappa shape index (κ3) is 2.16. The smallest absolute Gasteiger partial charge is 0.241 e. The van der Waals surface area contributed by atoms with Crippen LogP contribution in [-0.4, -0.2) is 40.6 Å². The molecule has 0 radical (unpaired) electrons. The Balaban J connectivity index is 2.02. The third-order valence-electron chi connectivity index (χ3n) is 3.29. The van der Waals surface area contributed by atoms with Crippen LogP contribution in [0.1, 0.15) is 33.1 Å². The van der Waals surface area contributed by atoms with Crippen molar-refractivity contribution in [3.05, 3.63) is 0 Å². The summed E-state index contributed by atoms with van der Waals surface area (Å²) in [6, 6.07) is 0.558. The second-order valence-corrected chi connectivity index (χ2v) is 5.60. The van der Waals surface area contributed by atoms with Crippen LogP contribution in [0.5, 0.6) is 0 Å². The predicted molar refractivity (Wildman–Crippen MR) is 63.9 cm³/mol. The zero-order valence-corrected chi connectivity index (χ0v) is 10.3. The number of rotatable bonds is 3. The van der Waals surface area contributed by atoms with Gasteiger partial charge in [-0.05, 0) is 25.5 Å². The minimum atomic E-state index is 0.0793. The molecular weight excluding hydrogens is 208 g/mol. The topological polar surface area (TPSA) is 32.3 Å². The zero-order chi connectivity index (χ0) is 10.8. The Morgan fingerprint density at radius 3 is 3.00 bits per heavy atom. The average molecular weight is 228 g/mol. The van der Waals surface area contributed by atoms with E-state index in [2.05, 4.69) is 24.1 Å². The van der Waals surface area contributed by atoms with Gasteiger partial charge in [-0.25, -0.2) is 0 Å². The molecule has 0 bridgehead atoms. The summed E-state index contributed by atoms with van der Waals surface area (Å²) in [5, 5.41) is 3.40. The zero-order valence-electron chi connectivity index (χ0n) is 9.53. The van der Waals surface area contributed by atoms with Crippen molar-refractivity contribution in [3.63, 3.8) is 0 Å². The van der Waals surface area contributed by atoms with Gasteiger partial charge >= 0.3 is 0 Å². The quantitative estimate of drug-likeness (QED) is 0.793. The summed E-state index contributed by atoms with van der Waals surface area (Å²) >= 11 is 1.97. The molecule has 2 saturated heterocycles. The number of nitrogens with zero attached hydrogens (tertiary/aromatic N) is 1. The molecule has 1 N–H and O–H groups in total. The summed E-state index contributed by atoms with van der Waals surface area (Å²) < 4.78 is 0. The van der Waals surface area contributed by atoms with E-state index >= 15 is 0 Å². The molecule has 3 unspecified atom stereocenters. The molecule has 2 aliphatic heterocycles. The first-order valence-corrected chi connectivity index (χ1v) is 7.05. The Kier molecular flexibility index (Phi) is 3.57. The number of carbonyl (C=O) groups excluding carboxylic acids is 1. The molecule has 3 nitrogen and oxygen atoms in total. The van der Waals surface area contributed by atoms with Crippen molar-refractivity contribution < 1.29 is 4.79 Å². The average Bonchev–Trinajstić information content (AvgIpc) is 2.77. The molecule has 0 aromatic rings. The molecule has 2 aliphatic rings. The monoisotopic (exact) mass is 228 g/mol. The second kappa shape index (κ2) is 4.74. The summed E-state index contributed by atoms with van der Waals surface area (Å²) in [6.45, 7) is 4.24. The fourth-order valence-electron chi connectivity index (χ4n) is 2.55. The summed E-state index contributed by atoms with van der Waals surface area (Å²) in [5.41, 5.74) is 0. The van der Waals surface area contributed by atoms with Gasteiger partial charge in [0.05, 0.1) is 12.2 Å². The van der Waals surface area contributed by atoms with Gasteiger partial charge in [0.15, 0.2) is 0 Å². The van der Waals surface area contributed by atoms with Crippen LogP contribution in [0.4, 0.5) is 0 Å². The van der Waals surface area contributed by atoms with E-state index in [-0.39, 0.29) is 12.2 Å². The van der Waals surface area contributed by atoms with Crippen LogP contribution in [0, 0.1) is 0 Å². The lowest BCUT2D eigenvalue weighted by Gasteiger charge is -2.27. The summed E-state index contributed by atoms with van der Waals surface area (Å²) in [6.07, 6.45) is 3.45. The van der Waals surface area contributed by atoms with E-state index in [0.717, 1.165) is 18.6 Å². The molecule has 2 fully saturated rings. The maximum atomic E-state index is 12.1. The number of thioether (sulfide) groups is 1. The third-order valence-corrected chi connectivity index (χ3v) is 4.43. The van der Waals surface area contributed by atoms with Crippen molar-refractivity contribution in [2.45, 2.75) is 51.4 Å². The van der Waals surface area contributed by atoms with E-state index < -0.39 is 0 Å². The number of nitrogens with one attached hydrogen (secondary N) is 1. The molecule has 0 saturated carbocycles. The lowest BCUT2D eigenvalue weighted by atomic mass is 10.1. The second-order valence-electron chi connectivity index (χ2n) is 4.45. The van der Waals surface area contributed by atoms with Gasteiger partial charge in [0.25, 0.3) is 0 Å². The van der Waals surface area contributed by atoms with Crippen LogP contribution in [-0.2, 0) is 4.79 Å². The predicted octanol–water partition coefficient (Wildman–Crippen LogP) is 1.44. The van der Waals surface area contributed by atoms with E-state index in [1.165, 1.54) is 12.2 Å². The number of amides is 1. The molecule has 0 aromatic heterocycles. The van der Waals surface area contributed by atoms with Gasteiger partial charge in [-0.1, -0.05) is 13.3 Å². The van der Waals surface area contributed by atoms with Crippen LogP contribution >= 0.6 is 11.8 Å². The fourth-order valence-corrected chi connectivity index (χ4v) is 3.75. The highest BCUT2D eigenvalue weighted by molar-refractivity contribution is 7.99. The number of hydrogen-bond donors (Lipinski definition) is 1.